The van der Waals surface area contributed by atoms with Crippen molar-refractivity contribution in [3.63, 3.8) is 0 Å². The summed E-state index contributed by atoms with van der Waals surface area (Å²) < 4.78 is 11.3. The Morgan fingerprint density at radius 1 is 0.955 bits per heavy atom. The molecule has 1 aliphatic rings. The predicted octanol–water partition coefficient (Wildman–Crippen LogP) is 6.70. The molecule has 1 aromatic heterocycles. The Kier molecular flexibility index (Phi) is 9.77. The summed E-state index contributed by atoms with van der Waals surface area (Å²) in [5.41, 5.74) is 3.93. The first kappa shape index (κ1) is 31.0. The van der Waals surface area contributed by atoms with Crippen LogP contribution in [0.1, 0.15) is 47.2 Å². The number of anilines is 1. The van der Waals surface area contributed by atoms with Gasteiger partial charge in [-0.05, 0) is 105 Å². The molecule has 0 spiro atoms. The minimum absolute atomic E-state index is 0.0567. The molecule has 3 aromatic carbocycles. The molecule has 5 rings (SSSR count). The number of hydrogen-bond acceptors (Lipinski definition) is 7. The van der Waals surface area contributed by atoms with E-state index in [2.05, 4.69) is 27.1 Å². The van der Waals surface area contributed by atoms with Gasteiger partial charge in [0.1, 0.15) is 17.8 Å². The van der Waals surface area contributed by atoms with Crippen molar-refractivity contribution in [3.05, 3.63) is 95.9 Å². The number of nitrogens with one attached hydrogen (secondary N) is 1. The van der Waals surface area contributed by atoms with Gasteiger partial charge in [0.05, 0.1) is 18.3 Å². The fourth-order valence-corrected chi connectivity index (χ4v) is 6.34. The molecule has 9 nitrogen and oxygen atoms in total. The van der Waals surface area contributed by atoms with Crippen molar-refractivity contribution < 1.29 is 23.8 Å². The molecule has 4 aromatic rings. The minimum Gasteiger partial charge on any atom is -0.478 e. The highest BCUT2D eigenvalue weighted by Gasteiger charge is 2.36. The first-order chi connectivity index (χ1) is 21.2. The number of oxazole rings is 1. The lowest BCUT2D eigenvalue weighted by Crippen LogP contribution is -2.43. The zero-order chi connectivity index (χ0) is 31.1. The standard InChI is InChI=1S/C35H40N4O5/c1-25-20-26(6-15-31(25)34(41)42)21-38(2)23-35(16-4-5-17-35)24-39(3)22-32(40)37-28-9-13-30(14-10-28)44-29-11-7-27(8-12-29)33-36-18-19-43-33/h6-15,18-20H,4-5,16-17,21-24H2,1-3H3,(H,37,40)(H,41,42). The fourth-order valence-electron chi connectivity index (χ4n) is 6.34. The number of carboxylic acid groups (broad SMARTS) is 1. The number of nitrogens with zero attached hydrogens (tertiary/aromatic N) is 3. The number of aromatic carboxylic acids is 1. The zero-order valence-corrected chi connectivity index (χ0v) is 25.6. The molecule has 0 aliphatic heterocycles. The first-order valence-electron chi connectivity index (χ1n) is 15.0. The summed E-state index contributed by atoms with van der Waals surface area (Å²) in [5, 5.41) is 12.3. The monoisotopic (exact) mass is 596 g/mol. The molecule has 0 saturated heterocycles. The van der Waals surface area contributed by atoms with Crippen molar-refractivity contribution in [3.8, 4) is 23.0 Å². The second kappa shape index (κ2) is 13.9. The van der Waals surface area contributed by atoms with Gasteiger partial charge >= 0.3 is 5.97 Å². The lowest BCUT2D eigenvalue weighted by Gasteiger charge is -2.37. The Labute approximate surface area is 258 Å². The topological polar surface area (TPSA) is 108 Å². The number of aromatic nitrogens is 1. The number of ether oxygens (including phenoxy) is 1. The van der Waals surface area contributed by atoms with E-state index in [1.807, 2.05) is 74.6 Å². The Balaban J connectivity index is 1.10. The van der Waals surface area contributed by atoms with Crippen LogP contribution in [0.3, 0.4) is 0 Å². The molecule has 1 amide bonds. The van der Waals surface area contributed by atoms with E-state index in [1.165, 1.54) is 12.8 Å². The van der Waals surface area contributed by atoms with Gasteiger partial charge in [-0.2, -0.15) is 0 Å². The van der Waals surface area contributed by atoms with Crippen LogP contribution in [-0.4, -0.2) is 65.5 Å². The van der Waals surface area contributed by atoms with Crippen LogP contribution in [0.15, 0.2) is 83.6 Å². The smallest absolute Gasteiger partial charge is 0.335 e. The van der Waals surface area contributed by atoms with Crippen LogP contribution in [0, 0.1) is 12.3 Å². The highest BCUT2D eigenvalue weighted by atomic mass is 16.5. The molecule has 1 heterocycles. The van der Waals surface area contributed by atoms with E-state index in [-0.39, 0.29) is 11.3 Å². The number of hydrogen-bond donors (Lipinski definition) is 2. The van der Waals surface area contributed by atoms with Crippen LogP contribution in [-0.2, 0) is 11.3 Å². The van der Waals surface area contributed by atoms with Gasteiger partial charge in [0.15, 0.2) is 0 Å². The largest absolute Gasteiger partial charge is 0.478 e. The normalized spacial score (nSPS) is 14.2. The molecule has 2 N–H and O–H groups in total. The Bertz CT molecular complexity index is 1550. The third-order valence-corrected chi connectivity index (χ3v) is 8.17. The molecule has 1 aliphatic carbocycles. The SMILES string of the molecule is Cc1cc(CN(C)CC2(CN(C)CC(=O)Nc3ccc(Oc4ccc(-c5ncco5)cc4)cc3)CCCC2)ccc1C(=O)O. The van der Waals surface area contributed by atoms with Gasteiger partial charge in [-0.15, -0.1) is 0 Å². The third-order valence-electron chi connectivity index (χ3n) is 8.17. The Morgan fingerprint density at radius 3 is 2.23 bits per heavy atom. The quantitative estimate of drug-likeness (QED) is 0.176. The maximum absolute atomic E-state index is 12.9. The van der Waals surface area contributed by atoms with Crippen molar-refractivity contribution in [2.45, 2.75) is 39.2 Å². The molecule has 0 atom stereocenters. The Hall–Kier alpha value is -4.47. The van der Waals surface area contributed by atoms with Crippen molar-refractivity contribution in [1.82, 2.24) is 14.8 Å². The minimum atomic E-state index is -0.896. The van der Waals surface area contributed by atoms with Crippen LogP contribution in [0.25, 0.3) is 11.5 Å². The summed E-state index contributed by atoms with van der Waals surface area (Å²) in [7, 11) is 4.13. The second-order valence-corrected chi connectivity index (χ2v) is 12.0. The number of amides is 1. The average Bonchev–Trinajstić information content (AvgIpc) is 3.67. The van der Waals surface area contributed by atoms with E-state index in [1.54, 1.807) is 18.5 Å². The van der Waals surface area contributed by atoms with Gasteiger partial charge in [0.25, 0.3) is 0 Å². The van der Waals surface area contributed by atoms with E-state index in [0.717, 1.165) is 54.9 Å². The van der Waals surface area contributed by atoms with E-state index in [0.29, 0.717) is 29.5 Å². The first-order valence-corrected chi connectivity index (χ1v) is 15.0. The van der Waals surface area contributed by atoms with E-state index < -0.39 is 5.97 Å². The predicted molar refractivity (Wildman–Crippen MR) is 170 cm³/mol. The number of carboxylic acids is 1. The fraction of sp³-hybridized carbons (Fsp3) is 0.343. The Morgan fingerprint density at radius 2 is 1.61 bits per heavy atom. The number of carbonyl (C=O) groups is 2. The summed E-state index contributed by atoms with van der Waals surface area (Å²) in [6.45, 7) is 4.65. The maximum Gasteiger partial charge on any atom is 0.335 e. The molecular formula is C35H40N4O5. The van der Waals surface area contributed by atoms with Crippen molar-refractivity contribution in [2.24, 2.45) is 5.41 Å². The van der Waals surface area contributed by atoms with Crippen LogP contribution in [0.2, 0.25) is 0 Å². The number of likely N-dealkylation sites (N-methyl/N-ethyl adjacent to an activating group) is 1. The number of carbonyl (C=O) groups excluding carboxylic acids is 1. The molecular weight excluding hydrogens is 556 g/mol. The molecule has 0 radical (unpaired) electrons. The van der Waals surface area contributed by atoms with Gasteiger partial charge in [-0.25, -0.2) is 9.78 Å². The highest BCUT2D eigenvalue weighted by molar-refractivity contribution is 5.92. The summed E-state index contributed by atoms with van der Waals surface area (Å²) in [6.07, 6.45) is 7.80. The van der Waals surface area contributed by atoms with Gasteiger partial charge in [-0.3, -0.25) is 9.69 Å². The molecule has 1 saturated carbocycles. The third kappa shape index (κ3) is 8.12. The zero-order valence-electron chi connectivity index (χ0n) is 25.6. The average molecular weight is 597 g/mol. The van der Waals surface area contributed by atoms with Gasteiger partial charge in [0, 0.05) is 30.9 Å². The van der Waals surface area contributed by atoms with Gasteiger partial charge < -0.3 is 24.5 Å². The van der Waals surface area contributed by atoms with Gasteiger partial charge in [0.2, 0.25) is 11.8 Å². The van der Waals surface area contributed by atoms with Crippen LogP contribution >= 0.6 is 0 Å². The van der Waals surface area contributed by atoms with Crippen LogP contribution in [0.4, 0.5) is 5.69 Å². The summed E-state index contributed by atoms with van der Waals surface area (Å²) >= 11 is 0. The number of aryl methyl sites for hydroxylation is 1. The second-order valence-electron chi connectivity index (χ2n) is 12.0. The highest BCUT2D eigenvalue weighted by Crippen LogP contribution is 2.39. The molecule has 9 heteroatoms. The number of rotatable bonds is 13. The molecule has 44 heavy (non-hydrogen) atoms. The van der Waals surface area contributed by atoms with Crippen LogP contribution in [0.5, 0.6) is 11.5 Å². The van der Waals surface area contributed by atoms with E-state index in [9.17, 15) is 14.7 Å². The summed E-state index contributed by atoms with van der Waals surface area (Å²) in [4.78, 5) is 32.9. The maximum atomic E-state index is 12.9. The molecule has 230 valence electrons. The van der Waals surface area contributed by atoms with E-state index >= 15 is 0 Å². The molecule has 0 bridgehead atoms. The van der Waals surface area contributed by atoms with Crippen molar-refractivity contribution in [1.29, 1.82) is 0 Å². The van der Waals surface area contributed by atoms with Gasteiger partial charge in [-0.1, -0.05) is 25.0 Å². The summed E-state index contributed by atoms with van der Waals surface area (Å²) in [5.74, 6) is 0.970. The molecule has 0 unspecified atom stereocenters. The van der Waals surface area contributed by atoms with Crippen LogP contribution < -0.4 is 10.1 Å². The number of benzene rings is 3. The summed E-state index contributed by atoms with van der Waals surface area (Å²) in [6, 6.07) is 20.4. The molecule has 1 fully saturated rings. The lowest BCUT2D eigenvalue weighted by atomic mass is 9.84. The van der Waals surface area contributed by atoms with E-state index in [4.69, 9.17) is 9.15 Å². The lowest BCUT2D eigenvalue weighted by molar-refractivity contribution is -0.117. The van der Waals surface area contributed by atoms with Crippen molar-refractivity contribution in [2.75, 3.05) is 39.0 Å². The van der Waals surface area contributed by atoms with Crippen molar-refractivity contribution >= 4 is 17.6 Å².